The van der Waals surface area contributed by atoms with Gasteiger partial charge in [0.1, 0.15) is 11.8 Å². The molecule has 37 heavy (non-hydrogen) atoms. The van der Waals surface area contributed by atoms with Crippen LogP contribution >= 0.6 is 23.2 Å². The number of hydrogen-bond acceptors (Lipinski definition) is 3. The number of unbranched alkanes of at least 4 members (excludes halogenated alkanes) is 1. The van der Waals surface area contributed by atoms with Crippen LogP contribution < -0.4 is 10.1 Å². The van der Waals surface area contributed by atoms with Crippen molar-refractivity contribution in [1.29, 1.82) is 0 Å². The predicted octanol–water partition coefficient (Wildman–Crippen LogP) is 6.55. The number of rotatable bonds is 12. The second-order valence-electron chi connectivity index (χ2n) is 9.11. The Bertz CT molecular complexity index is 1180. The normalized spacial score (nSPS) is 11.6. The minimum atomic E-state index is -0.776. The van der Waals surface area contributed by atoms with E-state index in [4.69, 9.17) is 27.9 Å². The number of ether oxygens (including phenoxy) is 1. The predicted molar refractivity (Wildman–Crippen MR) is 150 cm³/mol. The van der Waals surface area contributed by atoms with Gasteiger partial charge in [-0.2, -0.15) is 0 Å². The molecule has 0 saturated heterocycles. The van der Waals surface area contributed by atoms with Crippen LogP contribution in [0.5, 0.6) is 5.75 Å². The number of carbonyl (C=O) groups excluding carboxylic acids is 2. The highest BCUT2D eigenvalue weighted by atomic mass is 35.5. The molecule has 1 atom stereocenters. The van der Waals surface area contributed by atoms with Gasteiger partial charge < -0.3 is 15.0 Å². The fraction of sp³-hybridized carbons (Fsp3) is 0.333. The summed E-state index contributed by atoms with van der Waals surface area (Å²) >= 11 is 13.0. The second-order valence-corrected chi connectivity index (χ2v) is 9.92. The molecule has 0 aliphatic heterocycles. The van der Waals surface area contributed by atoms with Gasteiger partial charge in [0.2, 0.25) is 5.91 Å². The average Bonchev–Trinajstić information content (AvgIpc) is 2.88. The molecule has 0 bridgehead atoms. The lowest BCUT2D eigenvalue weighted by Crippen LogP contribution is -2.52. The molecule has 7 heteroatoms. The highest BCUT2D eigenvalue weighted by Gasteiger charge is 2.31. The van der Waals surface area contributed by atoms with Crippen molar-refractivity contribution in [3.05, 3.63) is 99.0 Å². The highest BCUT2D eigenvalue weighted by molar-refractivity contribution is 6.36. The lowest BCUT2D eigenvalue weighted by atomic mass is 10.0. The molecule has 0 unspecified atom stereocenters. The Hall–Kier alpha value is -3.02. The number of nitrogens with one attached hydrogen (secondary N) is 1. The number of aryl methyl sites for hydroxylation is 2. The highest BCUT2D eigenvalue weighted by Crippen LogP contribution is 2.27. The summed E-state index contributed by atoms with van der Waals surface area (Å²) in [5.74, 6) is 0.0416. The van der Waals surface area contributed by atoms with Gasteiger partial charge >= 0.3 is 0 Å². The van der Waals surface area contributed by atoms with Gasteiger partial charge in [0, 0.05) is 35.1 Å². The molecule has 0 fully saturated rings. The number of carbonyl (C=O) groups is 2. The molecular formula is C30H34Cl2N2O3. The quantitative estimate of drug-likeness (QED) is 0.265. The first-order valence-electron chi connectivity index (χ1n) is 12.5. The second kappa shape index (κ2) is 14.1. The van der Waals surface area contributed by atoms with Crippen LogP contribution in [-0.2, 0) is 22.6 Å². The van der Waals surface area contributed by atoms with E-state index >= 15 is 0 Å². The molecule has 2 amide bonds. The number of benzene rings is 3. The van der Waals surface area contributed by atoms with Gasteiger partial charge in [0.25, 0.3) is 5.91 Å². The lowest BCUT2D eigenvalue weighted by molar-refractivity contribution is -0.142. The summed E-state index contributed by atoms with van der Waals surface area (Å²) in [6.45, 7) is 6.46. The molecule has 0 aliphatic rings. The van der Waals surface area contributed by atoms with E-state index in [1.165, 1.54) is 4.90 Å². The van der Waals surface area contributed by atoms with E-state index in [1.807, 2.05) is 62.4 Å². The Morgan fingerprint density at radius 3 is 2.30 bits per heavy atom. The third-order valence-corrected chi connectivity index (χ3v) is 7.04. The molecule has 3 aromatic rings. The molecule has 0 aromatic heterocycles. The summed E-state index contributed by atoms with van der Waals surface area (Å²) in [5.41, 5.74) is 3.74. The minimum Gasteiger partial charge on any atom is -0.484 e. The Labute approximate surface area is 229 Å². The number of halogens is 2. The molecule has 196 valence electrons. The van der Waals surface area contributed by atoms with Crippen LogP contribution in [0.3, 0.4) is 0 Å². The van der Waals surface area contributed by atoms with Crippen LogP contribution in [0.15, 0.2) is 66.7 Å². The van der Waals surface area contributed by atoms with Crippen molar-refractivity contribution in [2.45, 2.75) is 52.6 Å². The average molecular weight is 542 g/mol. The summed E-state index contributed by atoms with van der Waals surface area (Å²) in [4.78, 5) is 28.7. The monoisotopic (exact) mass is 540 g/mol. The topological polar surface area (TPSA) is 58.6 Å². The molecule has 3 aromatic carbocycles. The summed E-state index contributed by atoms with van der Waals surface area (Å²) in [5, 5.41) is 3.87. The molecular weight excluding hydrogens is 507 g/mol. The van der Waals surface area contributed by atoms with Crippen LogP contribution in [0.4, 0.5) is 0 Å². The largest absolute Gasteiger partial charge is 0.484 e. The zero-order valence-corrected chi connectivity index (χ0v) is 23.1. The molecule has 1 N–H and O–H groups in total. The zero-order valence-electron chi connectivity index (χ0n) is 21.6. The molecule has 5 nitrogen and oxygen atoms in total. The van der Waals surface area contributed by atoms with Crippen molar-refractivity contribution in [3.8, 4) is 5.75 Å². The molecule has 0 radical (unpaired) electrons. The Morgan fingerprint density at radius 1 is 0.946 bits per heavy atom. The summed E-state index contributed by atoms with van der Waals surface area (Å²) in [7, 11) is 0. The minimum absolute atomic E-state index is 0.0757. The van der Waals surface area contributed by atoms with E-state index in [0.717, 1.165) is 29.5 Å². The van der Waals surface area contributed by atoms with Crippen LogP contribution in [0, 0.1) is 13.8 Å². The SMILES string of the molecule is CCCCNC(=O)[C@H](Cc1ccccc1)N(Cc1c(Cl)cccc1Cl)C(=O)COc1ccc(C)c(C)c1. The van der Waals surface area contributed by atoms with Gasteiger partial charge in [0.15, 0.2) is 6.61 Å². The standard InChI is InChI=1S/C30H34Cl2N2O3/c1-4-5-16-33-30(36)28(18-23-10-7-6-8-11-23)34(19-25-26(31)12-9-13-27(25)32)29(35)20-37-24-15-14-21(2)22(3)17-24/h6-15,17,28H,4-5,16,18-20H2,1-3H3,(H,33,36)/t28-/m0/s1. The fourth-order valence-corrected chi connectivity index (χ4v) is 4.46. The number of amides is 2. The van der Waals surface area contributed by atoms with Gasteiger partial charge in [-0.05, 0) is 61.2 Å². The van der Waals surface area contributed by atoms with Gasteiger partial charge in [-0.1, -0.05) is 79.0 Å². The van der Waals surface area contributed by atoms with E-state index < -0.39 is 6.04 Å². The first-order valence-corrected chi connectivity index (χ1v) is 13.3. The van der Waals surface area contributed by atoms with E-state index in [0.29, 0.717) is 34.3 Å². The van der Waals surface area contributed by atoms with Crippen LogP contribution in [0.1, 0.15) is 42.0 Å². The van der Waals surface area contributed by atoms with Gasteiger partial charge in [-0.15, -0.1) is 0 Å². The third-order valence-electron chi connectivity index (χ3n) is 6.33. The maximum absolute atomic E-state index is 13.7. The molecule has 0 saturated carbocycles. The maximum Gasteiger partial charge on any atom is 0.261 e. The Kier molecular flexibility index (Phi) is 10.8. The molecule has 3 rings (SSSR count). The molecule has 0 spiro atoms. The number of nitrogens with zero attached hydrogens (tertiary/aromatic N) is 1. The summed E-state index contributed by atoms with van der Waals surface area (Å²) in [6, 6.07) is 19.8. The van der Waals surface area contributed by atoms with Crippen molar-refractivity contribution in [2.24, 2.45) is 0 Å². The van der Waals surface area contributed by atoms with Gasteiger partial charge in [-0.3, -0.25) is 9.59 Å². The first-order chi connectivity index (χ1) is 17.8. The van der Waals surface area contributed by atoms with E-state index in [-0.39, 0.29) is 25.0 Å². The summed E-state index contributed by atoms with van der Waals surface area (Å²) < 4.78 is 5.87. The molecule has 0 aliphatic carbocycles. The zero-order chi connectivity index (χ0) is 26.8. The maximum atomic E-state index is 13.7. The van der Waals surface area contributed by atoms with E-state index in [2.05, 4.69) is 12.2 Å². The van der Waals surface area contributed by atoms with Gasteiger partial charge in [0.05, 0.1) is 0 Å². The smallest absolute Gasteiger partial charge is 0.261 e. The van der Waals surface area contributed by atoms with Crippen molar-refractivity contribution in [2.75, 3.05) is 13.2 Å². The van der Waals surface area contributed by atoms with Gasteiger partial charge in [-0.25, -0.2) is 0 Å². The van der Waals surface area contributed by atoms with Crippen LogP contribution in [0.2, 0.25) is 10.0 Å². The Morgan fingerprint density at radius 2 is 1.65 bits per heavy atom. The van der Waals surface area contributed by atoms with Crippen molar-refractivity contribution in [3.63, 3.8) is 0 Å². The van der Waals surface area contributed by atoms with E-state index in [9.17, 15) is 9.59 Å². The van der Waals surface area contributed by atoms with Crippen molar-refractivity contribution in [1.82, 2.24) is 10.2 Å². The number of hydrogen-bond donors (Lipinski definition) is 1. The van der Waals surface area contributed by atoms with E-state index in [1.54, 1.807) is 18.2 Å². The first kappa shape index (κ1) is 28.5. The van der Waals surface area contributed by atoms with Crippen molar-refractivity contribution >= 4 is 35.0 Å². The van der Waals surface area contributed by atoms with Crippen molar-refractivity contribution < 1.29 is 14.3 Å². The summed E-state index contributed by atoms with van der Waals surface area (Å²) in [6.07, 6.45) is 2.14. The Balaban J connectivity index is 1.93. The van der Waals surface area contributed by atoms with Crippen LogP contribution in [0.25, 0.3) is 0 Å². The molecule has 0 heterocycles. The fourth-order valence-electron chi connectivity index (χ4n) is 3.95. The third kappa shape index (κ3) is 8.24. The van der Waals surface area contributed by atoms with Crippen LogP contribution in [-0.4, -0.2) is 35.9 Å². The lowest BCUT2D eigenvalue weighted by Gasteiger charge is -2.32.